The van der Waals surface area contributed by atoms with Crippen molar-refractivity contribution in [1.82, 2.24) is 4.90 Å². The Morgan fingerprint density at radius 2 is 2.00 bits per heavy atom. The van der Waals surface area contributed by atoms with Crippen molar-refractivity contribution in [3.8, 4) is 6.07 Å². The van der Waals surface area contributed by atoms with Gasteiger partial charge in [-0.1, -0.05) is 30.3 Å². The number of nitrogens with zero attached hydrogens (tertiary/aromatic N) is 2. The van der Waals surface area contributed by atoms with Crippen LogP contribution in [0.25, 0.3) is 6.08 Å². The largest absolute Gasteiger partial charge is 0.345 e. The molecule has 0 saturated carbocycles. The first-order chi connectivity index (χ1) is 13.1. The Bertz CT molecular complexity index is 933. The Morgan fingerprint density at radius 1 is 1.26 bits per heavy atom. The number of carbonyl (C=O) groups excluding carboxylic acids is 2. The Kier molecular flexibility index (Phi) is 5.94. The van der Waals surface area contributed by atoms with Gasteiger partial charge in [-0.25, -0.2) is 0 Å². The molecule has 0 radical (unpaired) electrons. The second kappa shape index (κ2) is 8.56. The van der Waals surface area contributed by atoms with Gasteiger partial charge in [0.25, 0.3) is 0 Å². The fourth-order valence-electron chi connectivity index (χ4n) is 2.81. The van der Waals surface area contributed by atoms with Gasteiger partial charge in [-0.3, -0.25) is 9.59 Å². The molecule has 1 fully saturated rings. The van der Waals surface area contributed by atoms with E-state index in [1.807, 2.05) is 30.3 Å². The number of nitrogens with one attached hydrogen (secondary N) is 1. The van der Waals surface area contributed by atoms with Gasteiger partial charge in [0.1, 0.15) is 0 Å². The van der Waals surface area contributed by atoms with Gasteiger partial charge in [0.2, 0.25) is 11.8 Å². The minimum Gasteiger partial charge on any atom is -0.345 e. The van der Waals surface area contributed by atoms with E-state index in [9.17, 15) is 9.59 Å². The number of benzene rings is 2. The van der Waals surface area contributed by atoms with Gasteiger partial charge < -0.3 is 10.2 Å². The highest BCUT2D eigenvalue weighted by molar-refractivity contribution is 8.00. The van der Waals surface area contributed by atoms with Gasteiger partial charge in [0.05, 0.1) is 22.6 Å². The molecule has 1 aliphatic rings. The Labute approximate surface area is 162 Å². The minimum atomic E-state index is -0.286. The third-order valence-electron chi connectivity index (χ3n) is 4.29. The van der Waals surface area contributed by atoms with Crippen LogP contribution in [0.3, 0.4) is 0 Å². The molecule has 1 unspecified atom stereocenters. The van der Waals surface area contributed by atoms with Crippen LogP contribution in [0.1, 0.15) is 17.5 Å². The van der Waals surface area contributed by atoms with Gasteiger partial charge in [0, 0.05) is 24.6 Å². The average Bonchev–Trinajstić information content (AvgIpc) is 3.00. The summed E-state index contributed by atoms with van der Waals surface area (Å²) in [6, 6.07) is 16.7. The van der Waals surface area contributed by atoms with E-state index in [1.54, 1.807) is 36.2 Å². The predicted octanol–water partition coefficient (Wildman–Crippen LogP) is 3.53. The summed E-state index contributed by atoms with van der Waals surface area (Å²) in [5, 5.41) is 11.9. The summed E-state index contributed by atoms with van der Waals surface area (Å²) < 4.78 is 0. The standard InChI is InChI=1S/C21H19N3O2S/c1-24-13-12-19(21(24)26)27-18-9-5-4-8-17(18)23-20(25)11-10-15-6-2-3-7-16(15)14-22/h2-11,19H,12-13H2,1H3,(H,23,25)/b11-10+. The normalized spacial score (nSPS) is 16.5. The van der Waals surface area contributed by atoms with E-state index < -0.39 is 0 Å². The molecule has 3 rings (SSSR count). The monoisotopic (exact) mass is 377 g/mol. The third kappa shape index (κ3) is 4.57. The highest BCUT2D eigenvalue weighted by Crippen LogP contribution is 2.34. The number of likely N-dealkylation sites (tertiary alicyclic amines) is 1. The lowest BCUT2D eigenvalue weighted by Gasteiger charge is -2.13. The van der Waals surface area contributed by atoms with Crippen LogP contribution in [0.5, 0.6) is 0 Å². The Hall–Kier alpha value is -3.04. The first kappa shape index (κ1) is 18.7. The maximum Gasteiger partial charge on any atom is 0.248 e. The average molecular weight is 377 g/mol. The van der Waals surface area contributed by atoms with Crippen molar-refractivity contribution < 1.29 is 9.59 Å². The molecule has 0 bridgehead atoms. The minimum absolute atomic E-state index is 0.119. The molecule has 1 aliphatic heterocycles. The molecule has 136 valence electrons. The summed E-state index contributed by atoms with van der Waals surface area (Å²) in [6.07, 6.45) is 3.83. The first-order valence-electron chi connectivity index (χ1n) is 8.57. The molecule has 2 aromatic carbocycles. The second-order valence-electron chi connectivity index (χ2n) is 6.17. The smallest absolute Gasteiger partial charge is 0.248 e. The maximum absolute atomic E-state index is 12.3. The van der Waals surface area contributed by atoms with Crippen molar-refractivity contribution >= 4 is 35.3 Å². The van der Waals surface area contributed by atoms with Crippen LogP contribution in [0.15, 0.2) is 59.5 Å². The number of nitriles is 1. The summed E-state index contributed by atoms with van der Waals surface area (Å²) in [5.41, 5.74) is 1.88. The quantitative estimate of drug-likeness (QED) is 0.809. The van der Waals surface area contributed by atoms with E-state index in [-0.39, 0.29) is 17.1 Å². The van der Waals surface area contributed by atoms with Crippen LogP contribution < -0.4 is 5.32 Å². The lowest BCUT2D eigenvalue weighted by Crippen LogP contribution is -2.23. The van der Waals surface area contributed by atoms with Crippen LogP contribution in [0, 0.1) is 11.3 Å². The molecular formula is C21H19N3O2S. The lowest BCUT2D eigenvalue weighted by atomic mass is 10.1. The summed E-state index contributed by atoms with van der Waals surface area (Å²) in [7, 11) is 1.81. The number of carbonyl (C=O) groups is 2. The van der Waals surface area contributed by atoms with Crippen LogP contribution >= 0.6 is 11.8 Å². The van der Waals surface area contributed by atoms with Gasteiger partial charge >= 0.3 is 0 Å². The van der Waals surface area contributed by atoms with Crippen molar-refractivity contribution in [1.29, 1.82) is 5.26 Å². The van der Waals surface area contributed by atoms with E-state index >= 15 is 0 Å². The number of thioether (sulfide) groups is 1. The molecule has 1 atom stereocenters. The highest BCUT2D eigenvalue weighted by atomic mass is 32.2. The Balaban J connectivity index is 1.70. The molecule has 0 spiro atoms. The van der Waals surface area contributed by atoms with Crippen molar-refractivity contribution in [3.63, 3.8) is 0 Å². The molecule has 1 N–H and O–H groups in total. The van der Waals surface area contributed by atoms with Gasteiger partial charge in [-0.05, 0) is 36.3 Å². The fraction of sp³-hybridized carbons (Fsp3) is 0.190. The second-order valence-corrected chi connectivity index (χ2v) is 7.42. The number of para-hydroxylation sites is 1. The number of anilines is 1. The summed E-state index contributed by atoms with van der Waals surface area (Å²) in [5.74, 6) is -0.167. The van der Waals surface area contributed by atoms with E-state index in [2.05, 4.69) is 11.4 Å². The molecule has 5 nitrogen and oxygen atoms in total. The van der Waals surface area contributed by atoms with Gasteiger partial charge in [-0.15, -0.1) is 11.8 Å². The molecule has 2 amide bonds. The van der Waals surface area contributed by atoms with E-state index in [0.29, 0.717) is 16.8 Å². The molecule has 1 heterocycles. The zero-order valence-corrected chi connectivity index (χ0v) is 15.7. The molecule has 1 saturated heterocycles. The summed E-state index contributed by atoms with van der Waals surface area (Å²) in [4.78, 5) is 27.1. The summed E-state index contributed by atoms with van der Waals surface area (Å²) >= 11 is 1.48. The van der Waals surface area contributed by atoms with Crippen molar-refractivity contribution in [2.45, 2.75) is 16.6 Å². The fourth-order valence-corrected chi connectivity index (χ4v) is 4.02. The number of rotatable bonds is 5. The number of hydrogen-bond donors (Lipinski definition) is 1. The maximum atomic E-state index is 12.3. The topological polar surface area (TPSA) is 73.2 Å². The molecule has 6 heteroatoms. The van der Waals surface area contributed by atoms with E-state index in [0.717, 1.165) is 17.9 Å². The van der Waals surface area contributed by atoms with E-state index in [1.165, 1.54) is 17.8 Å². The zero-order chi connectivity index (χ0) is 19.2. The molecule has 0 aliphatic carbocycles. The molecule has 27 heavy (non-hydrogen) atoms. The predicted molar refractivity (Wildman–Crippen MR) is 107 cm³/mol. The van der Waals surface area contributed by atoms with Crippen LogP contribution in [0.4, 0.5) is 5.69 Å². The first-order valence-corrected chi connectivity index (χ1v) is 9.45. The van der Waals surface area contributed by atoms with Crippen molar-refractivity contribution in [2.75, 3.05) is 18.9 Å². The van der Waals surface area contributed by atoms with Crippen LogP contribution in [-0.4, -0.2) is 35.6 Å². The van der Waals surface area contributed by atoms with Crippen molar-refractivity contribution in [3.05, 3.63) is 65.7 Å². The third-order valence-corrected chi connectivity index (χ3v) is 5.62. The summed E-state index contributed by atoms with van der Waals surface area (Å²) in [6.45, 7) is 0.756. The van der Waals surface area contributed by atoms with Crippen LogP contribution in [0.2, 0.25) is 0 Å². The van der Waals surface area contributed by atoms with Crippen LogP contribution in [-0.2, 0) is 9.59 Å². The van der Waals surface area contributed by atoms with Gasteiger partial charge in [0.15, 0.2) is 0 Å². The molecule has 2 aromatic rings. The van der Waals surface area contributed by atoms with E-state index in [4.69, 9.17) is 5.26 Å². The highest BCUT2D eigenvalue weighted by Gasteiger charge is 2.30. The van der Waals surface area contributed by atoms with Gasteiger partial charge in [-0.2, -0.15) is 5.26 Å². The Morgan fingerprint density at radius 3 is 2.74 bits per heavy atom. The zero-order valence-electron chi connectivity index (χ0n) is 14.9. The molecular weight excluding hydrogens is 358 g/mol. The molecule has 0 aromatic heterocycles. The van der Waals surface area contributed by atoms with Crippen molar-refractivity contribution in [2.24, 2.45) is 0 Å². The number of amides is 2. The SMILES string of the molecule is CN1CCC(Sc2ccccc2NC(=O)/C=C/c2ccccc2C#N)C1=O. The lowest BCUT2D eigenvalue weighted by molar-refractivity contribution is -0.126. The number of hydrogen-bond acceptors (Lipinski definition) is 4.